The lowest BCUT2D eigenvalue weighted by Crippen LogP contribution is -2.44. The molecule has 0 spiro atoms. The molecule has 134 valence electrons. The Morgan fingerprint density at radius 1 is 1.32 bits per heavy atom. The first kappa shape index (κ1) is 17.6. The second-order valence-corrected chi connectivity index (χ2v) is 7.10. The third kappa shape index (κ3) is 4.07. The fraction of sp³-hybridized carbons (Fsp3) is 0.526. The summed E-state index contributed by atoms with van der Waals surface area (Å²) in [6.45, 7) is 1.83. The Hall–Kier alpha value is -2.21. The highest BCUT2D eigenvalue weighted by atomic mass is 16.3. The first-order chi connectivity index (χ1) is 12.0. The van der Waals surface area contributed by atoms with E-state index in [2.05, 4.69) is 15.5 Å². The monoisotopic (exact) mass is 342 g/mol. The van der Waals surface area contributed by atoms with Crippen LogP contribution in [0.25, 0.3) is 0 Å². The third-order valence-corrected chi connectivity index (χ3v) is 5.11. The SMILES string of the molecule is Cn1c(CNC(=O)[C@@](C)(O)CCc2ccccc2)nnc1C1CCC1. The van der Waals surface area contributed by atoms with E-state index in [0.29, 0.717) is 24.6 Å². The summed E-state index contributed by atoms with van der Waals surface area (Å²) in [6, 6.07) is 9.86. The molecule has 0 bridgehead atoms. The molecule has 6 heteroatoms. The van der Waals surface area contributed by atoms with Crippen LogP contribution in [0.5, 0.6) is 0 Å². The highest BCUT2D eigenvalue weighted by Crippen LogP contribution is 2.35. The van der Waals surface area contributed by atoms with Gasteiger partial charge in [-0.3, -0.25) is 4.79 Å². The molecule has 1 atom stereocenters. The summed E-state index contributed by atoms with van der Waals surface area (Å²) < 4.78 is 1.96. The average molecular weight is 342 g/mol. The Kier molecular flexibility index (Phi) is 5.18. The number of hydrogen-bond acceptors (Lipinski definition) is 4. The van der Waals surface area contributed by atoms with Crippen LogP contribution in [0, 0.1) is 0 Å². The molecule has 1 heterocycles. The van der Waals surface area contributed by atoms with Crippen molar-refractivity contribution in [3.63, 3.8) is 0 Å². The number of carbonyl (C=O) groups excluding carboxylic acids is 1. The van der Waals surface area contributed by atoms with Crippen LogP contribution in [0.1, 0.15) is 55.7 Å². The number of aliphatic hydroxyl groups is 1. The van der Waals surface area contributed by atoms with Crippen LogP contribution in [0.15, 0.2) is 30.3 Å². The van der Waals surface area contributed by atoms with E-state index in [1.807, 2.05) is 41.9 Å². The summed E-state index contributed by atoms with van der Waals surface area (Å²) in [4.78, 5) is 12.4. The topological polar surface area (TPSA) is 80.0 Å². The molecule has 1 aliphatic rings. The largest absolute Gasteiger partial charge is 0.380 e. The molecular formula is C19H26N4O2. The predicted molar refractivity (Wildman–Crippen MR) is 94.8 cm³/mol. The van der Waals surface area contributed by atoms with Crippen molar-refractivity contribution in [1.82, 2.24) is 20.1 Å². The van der Waals surface area contributed by atoms with Gasteiger partial charge in [0.2, 0.25) is 0 Å². The summed E-state index contributed by atoms with van der Waals surface area (Å²) in [5.74, 6) is 1.83. The van der Waals surface area contributed by atoms with Gasteiger partial charge in [-0.15, -0.1) is 10.2 Å². The molecule has 2 aromatic rings. The Morgan fingerprint density at radius 2 is 2.04 bits per heavy atom. The van der Waals surface area contributed by atoms with Gasteiger partial charge >= 0.3 is 0 Å². The number of carbonyl (C=O) groups is 1. The fourth-order valence-electron chi connectivity index (χ4n) is 3.05. The minimum Gasteiger partial charge on any atom is -0.380 e. The molecule has 25 heavy (non-hydrogen) atoms. The molecule has 0 saturated heterocycles. The number of nitrogens with zero attached hydrogens (tertiary/aromatic N) is 3. The Balaban J connectivity index is 1.53. The standard InChI is InChI=1S/C19H26N4O2/c1-19(25,12-11-14-7-4-3-5-8-14)18(24)20-13-16-21-22-17(23(16)2)15-9-6-10-15/h3-5,7-8,15,25H,6,9-13H2,1-2H3,(H,20,24)/t19-/m0/s1. The Bertz CT molecular complexity index is 720. The van der Waals surface area contributed by atoms with E-state index in [4.69, 9.17) is 0 Å². The molecule has 1 amide bonds. The Labute approximate surface area is 148 Å². The van der Waals surface area contributed by atoms with Gasteiger partial charge < -0.3 is 15.0 Å². The van der Waals surface area contributed by atoms with E-state index < -0.39 is 5.60 Å². The predicted octanol–water partition coefficient (Wildman–Crippen LogP) is 2.08. The van der Waals surface area contributed by atoms with Crippen LogP contribution in [0.2, 0.25) is 0 Å². The van der Waals surface area contributed by atoms with Crippen molar-refractivity contribution >= 4 is 5.91 Å². The molecule has 6 nitrogen and oxygen atoms in total. The second kappa shape index (κ2) is 7.35. The molecule has 0 aliphatic heterocycles. The summed E-state index contributed by atoms with van der Waals surface area (Å²) in [7, 11) is 1.93. The van der Waals surface area contributed by atoms with Crippen molar-refractivity contribution < 1.29 is 9.90 Å². The van der Waals surface area contributed by atoms with Gasteiger partial charge in [0, 0.05) is 13.0 Å². The first-order valence-corrected chi connectivity index (χ1v) is 8.90. The van der Waals surface area contributed by atoms with E-state index in [1.165, 1.54) is 6.42 Å². The number of aryl methyl sites for hydroxylation is 1. The number of rotatable bonds is 7. The molecule has 0 radical (unpaired) electrons. The number of amides is 1. The van der Waals surface area contributed by atoms with Gasteiger partial charge in [-0.2, -0.15) is 0 Å². The maximum Gasteiger partial charge on any atom is 0.252 e. The second-order valence-electron chi connectivity index (χ2n) is 7.10. The smallest absolute Gasteiger partial charge is 0.252 e. The summed E-state index contributed by atoms with van der Waals surface area (Å²) in [5, 5.41) is 21.7. The summed E-state index contributed by atoms with van der Waals surface area (Å²) in [6.07, 6.45) is 4.58. The summed E-state index contributed by atoms with van der Waals surface area (Å²) >= 11 is 0. The van der Waals surface area contributed by atoms with Crippen LogP contribution in [-0.2, 0) is 24.8 Å². The number of benzene rings is 1. The molecule has 1 saturated carbocycles. The van der Waals surface area contributed by atoms with Crippen LogP contribution < -0.4 is 5.32 Å². The molecular weight excluding hydrogens is 316 g/mol. The maximum absolute atomic E-state index is 12.4. The summed E-state index contributed by atoms with van der Waals surface area (Å²) in [5.41, 5.74) is -0.306. The van der Waals surface area contributed by atoms with Crippen molar-refractivity contribution in [2.45, 2.75) is 57.1 Å². The third-order valence-electron chi connectivity index (χ3n) is 5.11. The van der Waals surface area contributed by atoms with Gasteiger partial charge in [-0.05, 0) is 38.2 Å². The van der Waals surface area contributed by atoms with E-state index in [0.717, 1.165) is 24.2 Å². The Morgan fingerprint density at radius 3 is 2.68 bits per heavy atom. The van der Waals surface area contributed by atoms with Gasteiger partial charge in [0.15, 0.2) is 5.82 Å². The van der Waals surface area contributed by atoms with Gasteiger partial charge in [0.25, 0.3) is 5.91 Å². The highest BCUT2D eigenvalue weighted by molar-refractivity contribution is 5.84. The molecule has 3 rings (SSSR count). The fourth-order valence-corrected chi connectivity index (χ4v) is 3.05. The minimum atomic E-state index is -1.41. The van der Waals surface area contributed by atoms with Crippen molar-refractivity contribution in [2.75, 3.05) is 0 Å². The van der Waals surface area contributed by atoms with E-state index in [9.17, 15) is 9.90 Å². The normalized spacial score (nSPS) is 16.9. The average Bonchev–Trinajstić information content (AvgIpc) is 2.91. The highest BCUT2D eigenvalue weighted by Gasteiger charge is 2.30. The van der Waals surface area contributed by atoms with Crippen LogP contribution in [-0.4, -0.2) is 31.4 Å². The lowest BCUT2D eigenvalue weighted by Gasteiger charge is -2.24. The number of aromatic nitrogens is 3. The minimum absolute atomic E-state index is 0.274. The van der Waals surface area contributed by atoms with Gasteiger partial charge in [-0.1, -0.05) is 36.8 Å². The number of hydrogen-bond donors (Lipinski definition) is 2. The zero-order valence-electron chi connectivity index (χ0n) is 14.9. The van der Waals surface area contributed by atoms with Crippen molar-refractivity contribution in [2.24, 2.45) is 7.05 Å². The first-order valence-electron chi connectivity index (χ1n) is 8.90. The lowest BCUT2D eigenvalue weighted by molar-refractivity contribution is -0.138. The van der Waals surface area contributed by atoms with Gasteiger partial charge in [0.1, 0.15) is 11.4 Å². The zero-order valence-corrected chi connectivity index (χ0v) is 14.9. The van der Waals surface area contributed by atoms with E-state index >= 15 is 0 Å². The molecule has 1 aromatic carbocycles. The van der Waals surface area contributed by atoms with E-state index in [-0.39, 0.29) is 12.5 Å². The molecule has 0 unspecified atom stereocenters. The molecule has 1 aliphatic carbocycles. The lowest BCUT2D eigenvalue weighted by atomic mass is 9.85. The van der Waals surface area contributed by atoms with E-state index in [1.54, 1.807) is 6.92 Å². The maximum atomic E-state index is 12.4. The number of nitrogens with one attached hydrogen (secondary N) is 1. The zero-order chi connectivity index (χ0) is 17.9. The molecule has 1 fully saturated rings. The molecule has 2 N–H and O–H groups in total. The molecule has 1 aromatic heterocycles. The van der Waals surface area contributed by atoms with Crippen LogP contribution >= 0.6 is 0 Å². The van der Waals surface area contributed by atoms with Crippen molar-refractivity contribution in [3.8, 4) is 0 Å². The quantitative estimate of drug-likeness (QED) is 0.807. The van der Waals surface area contributed by atoms with Crippen LogP contribution in [0.4, 0.5) is 0 Å². The van der Waals surface area contributed by atoms with Gasteiger partial charge in [-0.25, -0.2) is 0 Å². The van der Waals surface area contributed by atoms with Crippen LogP contribution in [0.3, 0.4) is 0 Å². The van der Waals surface area contributed by atoms with Crippen molar-refractivity contribution in [1.29, 1.82) is 0 Å². The van der Waals surface area contributed by atoms with Crippen molar-refractivity contribution in [3.05, 3.63) is 47.5 Å². The van der Waals surface area contributed by atoms with Gasteiger partial charge in [0.05, 0.1) is 6.54 Å².